The lowest BCUT2D eigenvalue weighted by Crippen LogP contribution is -2.30. The second-order valence-electron chi connectivity index (χ2n) is 5.44. The standard InChI is InChI=1S/C18H20BrN3O3/c1-22(11-13-5-3-4-6-16(13)19)18(24)21-15-9-7-14(8-10-15)20-17(23)12-25-2/h3-10H,11-12H2,1-2H3,(H,20,23)(H,21,24). The lowest BCUT2D eigenvalue weighted by atomic mass is 10.2. The van der Waals surface area contributed by atoms with Gasteiger partial charge in [-0.3, -0.25) is 4.79 Å². The molecule has 25 heavy (non-hydrogen) atoms. The average Bonchev–Trinajstić information content (AvgIpc) is 2.59. The van der Waals surface area contributed by atoms with Crippen LogP contribution in [0.15, 0.2) is 53.0 Å². The van der Waals surface area contributed by atoms with Gasteiger partial charge in [0.2, 0.25) is 5.91 Å². The molecule has 0 bridgehead atoms. The molecule has 7 heteroatoms. The second kappa shape index (κ2) is 9.19. The zero-order valence-corrected chi connectivity index (χ0v) is 15.7. The Morgan fingerprint density at radius 3 is 2.24 bits per heavy atom. The molecular formula is C18H20BrN3O3. The minimum atomic E-state index is -0.229. The molecule has 2 N–H and O–H groups in total. The third-order valence-corrected chi connectivity index (χ3v) is 4.18. The number of amides is 3. The summed E-state index contributed by atoms with van der Waals surface area (Å²) in [5.41, 5.74) is 2.31. The molecule has 0 saturated carbocycles. The quantitative estimate of drug-likeness (QED) is 0.769. The Labute approximate surface area is 155 Å². The number of anilines is 2. The van der Waals surface area contributed by atoms with Gasteiger partial charge >= 0.3 is 6.03 Å². The highest BCUT2D eigenvalue weighted by atomic mass is 79.9. The first kappa shape index (κ1) is 19.0. The van der Waals surface area contributed by atoms with Gasteiger partial charge in [0, 0.05) is 36.5 Å². The number of carbonyl (C=O) groups excluding carboxylic acids is 2. The van der Waals surface area contributed by atoms with Gasteiger partial charge in [0.25, 0.3) is 0 Å². The predicted molar refractivity (Wildman–Crippen MR) is 102 cm³/mol. The smallest absolute Gasteiger partial charge is 0.321 e. The maximum atomic E-state index is 12.3. The van der Waals surface area contributed by atoms with Gasteiger partial charge in [0.05, 0.1) is 0 Å². The maximum Gasteiger partial charge on any atom is 0.321 e. The normalized spacial score (nSPS) is 10.2. The topological polar surface area (TPSA) is 70.7 Å². The highest BCUT2D eigenvalue weighted by Crippen LogP contribution is 2.18. The molecule has 0 aromatic heterocycles. The third-order valence-electron chi connectivity index (χ3n) is 3.41. The van der Waals surface area contributed by atoms with E-state index in [2.05, 4.69) is 26.6 Å². The van der Waals surface area contributed by atoms with Crippen molar-refractivity contribution in [3.63, 3.8) is 0 Å². The molecule has 0 fully saturated rings. The molecule has 0 heterocycles. The number of hydrogen-bond acceptors (Lipinski definition) is 3. The van der Waals surface area contributed by atoms with E-state index in [1.165, 1.54) is 7.11 Å². The summed E-state index contributed by atoms with van der Waals surface area (Å²) < 4.78 is 5.72. The maximum absolute atomic E-state index is 12.3. The fourth-order valence-electron chi connectivity index (χ4n) is 2.14. The highest BCUT2D eigenvalue weighted by molar-refractivity contribution is 9.10. The molecule has 0 radical (unpaired) electrons. The van der Waals surface area contributed by atoms with E-state index in [4.69, 9.17) is 4.74 Å². The van der Waals surface area contributed by atoms with Crippen LogP contribution in [-0.2, 0) is 16.1 Å². The van der Waals surface area contributed by atoms with Gasteiger partial charge in [-0.1, -0.05) is 34.1 Å². The van der Waals surface area contributed by atoms with Crippen LogP contribution in [0.25, 0.3) is 0 Å². The number of nitrogens with zero attached hydrogens (tertiary/aromatic N) is 1. The number of benzene rings is 2. The summed E-state index contributed by atoms with van der Waals surface area (Å²) in [5, 5.41) is 5.51. The Morgan fingerprint density at radius 1 is 1.04 bits per heavy atom. The van der Waals surface area contributed by atoms with E-state index in [9.17, 15) is 9.59 Å². The summed E-state index contributed by atoms with van der Waals surface area (Å²) in [5.74, 6) is -0.229. The lowest BCUT2D eigenvalue weighted by Gasteiger charge is -2.19. The van der Waals surface area contributed by atoms with E-state index in [0.29, 0.717) is 17.9 Å². The number of methoxy groups -OCH3 is 1. The van der Waals surface area contributed by atoms with Crippen molar-refractivity contribution in [3.05, 3.63) is 58.6 Å². The first-order chi connectivity index (χ1) is 12.0. The van der Waals surface area contributed by atoms with Crippen LogP contribution < -0.4 is 10.6 Å². The minimum Gasteiger partial charge on any atom is -0.375 e. The van der Waals surface area contributed by atoms with Crippen LogP contribution in [0.1, 0.15) is 5.56 Å². The van der Waals surface area contributed by atoms with E-state index >= 15 is 0 Å². The molecule has 0 spiro atoms. The number of halogens is 1. The fourth-order valence-corrected chi connectivity index (χ4v) is 2.55. The molecule has 3 amide bonds. The summed E-state index contributed by atoms with van der Waals surface area (Å²) in [7, 11) is 3.19. The first-order valence-electron chi connectivity index (χ1n) is 7.64. The van der Waals surface area contributed by atoms with Crippen LogP contribution in [0, 0.1) is 0 Å². The van der Waals surface area contributed by atoms with E-state index in [1.807, 2.05) is 24.3 Å². The molecule has 2 rings (SSSR count). The van der Waals surface area contributed by atoms with Crippen molar-refractivity contribution in [3.8, 4) is 0 Å². The van der Waals surface area contributed by atoms with Crippen molar-refractivity contribution in [1.82, 2.24) is 4.90 Å². The molecule has 0 atom stereocenters. The molecule has 0 aliphatic heterocycles. The molecule has 0 saturated heterocycles. The van der Waals surface area contributed by atoms with Gasteiger partial charge < -0.3 is 20.3 Å². The Morgan fingerprint density at radius 2 is 1.64 bits per heavy atom. The molecular weight excluding hydrogens is 386 g/mol. The average molecular weight is 406 g/mol. The van der Waals surface area contributed by atoms with Crippen LogP contribution in [0.5, 0.6) is 0 Å². The zero-order chi connectivity index (χ0) is 18.2. The van der Waals surface area contributed by atoms with Crippen molar-refractivity contribution in [2.75, 3.05) is 31.4 Å². The van der Waals surface area contributed by atoms with E-state index in [-0.39, 0.29) is 18.5 Å². The molecule has 0 aliphatic carbocycles. The summed E-state index contributed by atoms with van der Waals surface area (Å²) in [4.78, 5) is 25.3. The van der Waals surface area contributed by atoms with Gasteiger partial charge in [-0.05, 0) is 35.9 Å². The Hall–Kier alpha value is -2.38. The highest BCUT2D eigenvalue weighted by Gasteiger charge is 2.11. The number of nitrogens with one attached hydrogen (secondary N) is 2. The van der Waals surface area contributed by atoms with Crippen LogP contribution in [0.3, 0.4) is 0 Å². The van der Waals surface area contributed by atoms with E-state index < -0.39 is 0 Å². The van der Waals surface area contributed by atoms with Gasteiger partial charge in [-0.25, -0.2) is 4.79 Å². The van der Waals surface area contributed by atoms with E-state index in [0.717, 1.165) is 10.0 Å². The van der Waals surface area contributed by atoms with Gasteiger partial charge in [0.15, 0.2) is 0 Å². The lowest BCUT2D eigenvalue weighted by molar-refractivity contribution is -0.119. The van der Waals surface area contributed by atoms with Crippen LogP contribution >= 0.6 is 15.9 Å². The van der Waals surface area contributed by atoms with Crippen LogP contribution in [-0.4, -0.2) is 37.6 Å². The van der Waals surface area contributed by atoms with Crippen LogP contribution in [0.2, 0.25) is 0 Å². The summed E-state index contributed by atoms with van der Waals surface area (Å²) >= 11 is 3.48. The van der Waals surface area contributed by atoms with E-state index in [1.54, 1.807) is 36.2 Å². The second-order valence-corrected chi connectivity index (χ2v) is 6.29. The molecule has 0 aliphatic rings. The zero-order valence-electron chi connectivity index (χ0n) is 14.1. The van der Waals surface area contributed by atoms with Gasteiger partial charge in [-0.15, -0.1) is 0 Å². The number of hydrogen-bond donors (Lipinski definition) is 2. The third kappa shape index (κ3) is 5.88. The predicted octanol–water partition coefficient (Wildman–Crippen LogP) is 3.70. The number of ether oxygens (including phenoxy) is 1. The Bertz CT molecular complexity index is 735. The molecule has 2 aromatic carbocycles. The first-order valence-corrected chi connectivity index (χ1v) is 8.43. The number of rotatable bonds is 6. The monoisotopic (exact) mass is 405 g/mol. The SMILES string of the molecule is COCC(=O)Nc1ccc(NC(=O)N(C)Cc2ccccc2Br)cc1. The summed E-state index contributed by atoms with van der Waals surface area (Å²) in [6.07, 6.45) is 0. The van der Waals surface area contributed by atoms with Crippen LogP contribution in [0.4, 0.5) is 16.2 Å². The fraction of sp³-hybridized carbons (Fsp3) is 0.222. The van der Waals surface area contributed by atoms with Crippen molar-refractivity contribution < 1.29 is 14.3 Å². The molecule has 2 aromatic rings. The Balaban J connectivity index is 1.91. The van der Waals surface area contributed by atoms with Crippen molar-refractivity contribution in [2.24, 2.45) is 0 Å². The molecule has 132 valence electrons. The number of urea groups is 1. The van der Waals surface area contributed by atoms with Crippen molar-refractivity contribution in [1.29, 1.82) is 0 Å². The molecule has 0 unspecified atom stereocenters. The Kier molecular flexibility index (Phi) is 6.97. The van der Waals surface area contributed by atoms with Gasteiger partial charge in [0.1, 0.15) is 6.61 Å². The van der Waals surface area contributed by atoms with Gasteiger partial charge in [-0.2, -0.15) is 0 Å². The van der Waals surface area contributed by atoms with Crippen molar-refractivity contribution in [2.45, 2.75) is 6.54 Å². The molecule has 6 nitrogen and oxygen atoms in total. The van der Waals surface area contributed by atoms with Crippen molar-refractivity contribution >= 4 is 39.2 Å². The summed E-state index contributed by atoms with van der Waals surface area (Å²) in [6.45, 7) is 0.483. The largest absolute Gasteiger partial charge is 0.375 e. The minimum absolute atomic E-state index is 0.00166. The number of carbonyl (C=O) groups is 2. The summed E-state index contributed by atoms with van der Waals surface area (Å²) in [6, 6.07) is 14.5.